The van der Waals surface area contributed by atoms with Crippen molar-refractivity contribution in [2.24, 2.45) is 0 Å². The second-order valence-electron chi connectivity index (χ2n) is 4.01. The van der Waals surface area contributed by atoms with Crippen LogP contribution >= 0.6 is 0 Å². The van der Waals surface area contributed by atoms with E-state index in [-0.39, 0.29) is 12.4 Å². The van der Waals surface area contributed by atoms with Gasteiger partial charge in [0.15, 0.2) is 5.41 Å². The van der Waals surface area contributed by atoms with Gasteiger partial charge in [-0.1, -0.05) is 36.9 Å². The summed E-state index contributed by atoms with van der Waals surface area (Å²) in [5, 5.41) is 9.78. The number of hydrogen-bond donors (Lipinski definition) is 1. The van der Waals surface area contributed by atoms with Crippen LogP contribution in [0.25, 0.3) is 0 Å². The van der Waals surface area contributed by atoms with Gasteiger partial charge in [-0.2, -0.15) is 0 Å². The van der Waals surface area contributed by atoms with Gasteiger partial charge in [-0.25, -0.2) is 0 Å². The van der Waals surface area contributed by atoms with Gasteiger partial charge in [-0.15, -0.1) is 0 Å². The molecule has 0 spiro atoms. The molecule has 1 atom stereocenters. The van der Waals surface area contributed by atoms with Crippen LogP contribution in [0.1, 0.15) is 19.4 Å². The Bertz CT molecular complexity index is 407. The maximum atomic E-state index is 12.3. The summed E-state index contributed by atoms with van der Waals surface area (Å²) in [6.07, 6.45) is 0. The minimum Gasteiger partial charge on any atom is -0.497 e. The maximum absolute atomic E-state index is 12.3. The van der Waals surface area contributed by atoms with E-state index in [9.17, 15) is 9.90 Å². The lowest BCUT2D eigenvalue weighted by atomic mass is 9.79. The van der Waals surface area contributed by atoms with Crippen LogP contribution in [0.5, 0.6) is 0 Å². The predicted molar refractivity (Wildman–Crippen MR) is 72.6 cm³/mol. The lowest BCUT2D eigenvalue weighted by Crippen LogP contribution is -2.43. The van der Waals surface area contributed by atoms with Gasteiger partial charge in [0.1, 0.15) is 5.76 Å². The normalized spacial score (nSPS) is 13.4. The molecule has 0 saturated carbocycles. The van der Waals surface area contributed by atoms with E-state index in [0.717, 1.165) is 0 Å². The lowest BCUT2D eigenvalue weighted by Gasteiger charge is -2.31. The molecular formula is C15H20O4. The molecule has 0 aromatic heterocycles. The molecule has 0 heterocycles. The van der Waals surface area contributed by atoms with E-state index in [0.29, 0.717) is 12.2 Å². The van der Waals surface area contributed by atoms with Crippen molar-refractivity contribution in [1.82, 2.24) is 0 Å². The number of carbonyl (C=O) groups excluding carboxylic acids is 1. The highest BCUT2D eigenvalue weighted by Gasteiger charge is 2.45. The fourth-order valence-corrected chi connectivity index (χ4v) is 1.91. The molecule has 1 unspecified atom stereocenters. The summed E-state index contributed by atoms with van der Waals surface area (Å²) in [5.74, 6) is -0.357. The first kappa shape index (κ1) is 15.2. The predicted octanol–water partition coefficient (Wildman–Crippen LogP) is 2.03. The summed E-state index contributed by atoms with van der Waals surface area (Å²) in [6, 6.07) is 8.91. The lowest BCUT2D eigenvalue weighted by molar-refractivity contribution is -0.151. The quantitative estimate of drug-likeness (QED) is 0.605. The van der Waals surface area contributed by atoms with Crippen molar-refractivity contribution in [1.29, 1.82) is 0 Å². The zero-order valence-electron chi connectivity index (χ0n) is 11.4. The zero-order valence-corrected chi connectivity index (χ0v) is 11.4. The van der Waals surface area contributed by atoms with Crippen LogP contribution in [0, 0.1) is 0 Å². The molecule has 0 aliphatic rings. The van der Waals surface area contributed by atoms with E-state index >= 15 is 0 Å². The van der Waals surface area contributed by atoms with Crippen molar-refractivity contribution < 1.29 is 19.4 Å². The summed E-state index contributed by atoms with van der Waals surface area (Å²) in [6.45, 7) is 7.44. The molecule has 0 saturated heterocycles. The highest BCUT2D eigenvalue weighted by atomic mass is 16.5. The number of hydrogen-bond acceptors (Lipinski definition) is 4. The Balaban J connectivity index is 3.29. The topological polar surface area (TPSA) is 55.8 Å². The van der Waals surface area contributed by atoms with E-state index in [1.165, 1.54) is 0 Å². The molecule has 0 aliphatic carbocycles. The SMILES string of the molecule is C=C(OCC)C(CO)(C(=O)OCC)c1ccccc1. The Kier molecular flexibility index (Phi) is 5.57. The monoisotopic (exact) mass is 264 g/mol. The summed E-state index contributed by atoms with van der Waals surface area (Å²) in [4.78, 5) is 12.3. The van der Waals surface area contributed by atoms with E-state index < -0.39 is 18.0 Å². The Hall–Kier alpha value is -1.81. The Morgan fingerprint density at radius 1 is 1.21 bits per heavy atom. The van der Waals surface area contributed by atoms with Crippen molar-refractivity contribution >= 4 is 5.97 Å². The number of benzene rings is 1. The van der Waals surface area contributed by atoms with Gasteiger partial charge in [-0.05, 0) is 19.4 Å². The summed E-state index contributed by atoms with van der Waals surface area (Å²) >= 11 is 0. The Labute approximate surface area is 113 Å². The van der Waals surface area contributed by atoms with Crippen molar-refractivity contribution in [3.63, 3.8) is 0 Å². The molecule has 1 rings (SSSR count). The van der Waals surface area contributed by atoms with Crippen molar-refractivity contribution in [2.75, 3.05) is 19.8 Å². The van der Waals surface area contributed by atoms with Crippen molar-refractivity contribution in [3.05, 3.63) is 48.2 Å². The average molecular weight is 264 g/mol. The van der Waals surface area contributed by atoms with Crippen LogP contribution in [0.15, 0.2) is 42.7 Å². The Morgan fingerprint density at radius 3 is 2.26 bits per heavy atom. The molecule has 19 heavy (non-hydrogen) atoms. The van der Waals surface area contributed by atoms with E-state index in [1.807, 2.05) is 6.07 Å². The first-order valence-electron chi connectivity index (χ1n) is 6.29. The molecule has 0 fully saturated rings. The van der Waals surface area contributed by atoms with Crippen LogP contribution in [0.3, 0.4) is 0 Å². The standard InChI is InChI=1S/C15H20O4/c1-4-18-12(3)15(11-16,14(17)19-5-2)13-9-7-6-8-10-13/h6-10,16H,3-5,11H2,1-2H3. The smallest absolute Gasteiger partial charge is 0.326 e. The van der Waals surface area contributed by atoms with Gasteiger partial charge in [0.05, 0.1) is 19.8 Å². The molecule has 1 aromatic carbocycles. The highest BCUT2D eigenvalue weighted by molar-refractivity contribution is 5.87. The fourth-order valence-electron chi connectivity index (χ4n) is 1.91. The van der Waals surface area contributed by atoms with Gasteiger partial charge in [0.25, 0.3) is 0 Å². The number of aliphatic hydroxyl groups is 1. The largest absolute Gasteiger partial charge is 0.497 e. The van der Waals surface area contributed by atoms with E-state index in [1.54, 1.807) is 38.1 Å². The third-order valence-corrected chi connectivity index (χ3v) is 2.92. The number of rotatable bonds is 7. The molecule has 104 valence electrons. The van der Waals surface area contributed by atoms with Crippen LogP contribution in [0.2, 0.25) is 0 Å². The highest BCUT2D eigenvalue weighted by Crippen LogP contribution is 2.33. The van der Waals surface area contributed by atoms with Crippen LogP contribution in [0.4, 0.5) is 0 Å². The van der Waals surface area contributed by atoms with Gasteiger partial charge < -0.3 is 14.6 Å². The Morgan fingerprint density at radius 2 is 1.79 bits per heavy atom. The molecule has 0 aliphatic heterocycles. The summed E-state index contributed by atoms with van der Waals surface area (Å²) < 4.78 is 10.4. The van der Waals surface area contributed by atoms with E-state index in [4.69, 9.17) is 9.47 Å². The molecule has 4 heteroatoms. The third-order valence-electron chi connectivity index (χ3n) is 2.92. The molecule has 0 radical (unpaired) electrons. The first-order chi connectivity index (χ1) is 9.13. The number of esters is 1. The maximum Gasteiger partial charge on any atom is 0.326 e. The van der Waals surface area contributed by atoms with E-state index in [2.05, 4.69) is 6.58 Å². The minimum atomic E-state index is -1.37. The van der Waals surface area contributed by atoms with Crippen molar-refractivity contribution in [3.8, 4) is 0 Å². The van der Waals surface area contributed by atoms with Gasteiger partial charge >= 0.3 is 5.97 Å². The molecule has 1 aromatic rings. The third kappa shape index (κ3) is 2.96. The molecule has 0 amide bonds. The summed E-state index contributed by atoms with van der Waals surface area (Å²) in [7, 11) is 0. The number of aliphatic hydroxyl groups excluding tert-OH is 1. The molecule has 0 bridgehead atoms. The second kappa shape index (κ2) is 6.95. The number of carbonyl (C=O) groups is 1. The minimum absolute atomic E-state index is 0.196. The fraction of sp³-hybridized carbons (Fsp3) is 0.400. The van der Waals surface area contributed by atoms with Crippen LogP contribution in [-0.4, -0.2) is 30.9 Å². The number of ether oxygens (including phenoxy) is 2. The van der Waals surface area contributed by atoms with Gasteiger partial charge in [-0.3, -0.25) is 4.79 Å². The second-order valence-corrected chi connectivity index (χ2v) is 4.01. The molecular weight excluding hydrogens is 244 g/mol. The molecule has 4 nitrogen and oxygen atoms in total. The summed E-state index contributed by atoms with van der Waals surface area (Å²) in [5.41, 5.74) is -0.762. The average Bonchev–Trinajstić information content (AvgIpc) is 2.42. The first-order valence-corrected chi connectivity index (χ1v) is 6.29. The van der Waals surface area contributed by atoms with Crippen LogP contribution in [-0.2, 0) is 19.7 Å². The molecule has 1 N–H and O–H groups in total. The van der Waals surface area contributed by atoms with Crippen LogP contribution < -0.4 is 0 Å². The zero-order chi connectivity index (χ0) is 14.3. The van der Waals surface area contributed by atoms with Crippen molar-refractivity contribution in [2.45, 2.75) is 19.3 Å². The van der Waals surface area contributed by atoms with Gasteiger partial charge in [0, 0.05) is 0 Å². The van der Waals surface area contributed by atoms with Gasteiger partial charge in [0.2, 0.25) is 0 Å².